The Balaban J connectivity index is 1.96. The Labute approximate surface area is 157 Å². The van der Waals surface area contributed by atoms with Gasteiger partial charge in [-0.3, -0.25) is 4.79 Å². The second-order valence-electron chi connectivity index (χ2n) is 5.85. The number of carbonyl (C=O) groups is 2. The lowest BCUT2D eigenvalue weighted by Crippen LogP contribution is -2.27. The molecule has 27 heavy (non-hydrogen) atoms. The molecule has 0 aliphatic heterocycles. The van der Waals surface area contributed by atoms with Crippen molar-refractivity contribution in [3.8, 4) is 11.4 Å². The van der Waals surface area contributed by atoms with Gasteiger partial charge in [0, 0.05) is 25.0 Å². The molecule has 1 aromatic heterocycles. The molecule has 0 unspecified atom stereocenters. The summed E-state index contributed by atoms with van der Waals surface area (Å²) in [7, 11) is 4.46. The number of esters is 1. The number of hydrogen-bond donors (Lipinski definition) is 0. The largest absolute Gasteiger partial charge is 0.496 e. The van der Waals surface area contributed by atoms with Gasteiger partial charge in [-0.2, -0.15) is 0 Å². The highest BCUT2D eigenvalue weighted by atomic mass is 16.5. The van der Waals surface area contributed by atoms with Crippen LogP contribution in [0.15, 0.2) is 67.0 Å². The van der Waals surface area contributed by atoms with Crippen LogP contribution in [0.1, 0.15) is 20.7 Å². The lowest BCUT2D eigenvalue weighted by atomic mass is 10.1. The van der Waals surface area contributed by atoms with Crippen molar-refractivity contribution in [1.29, 1.82) is 0 Å². The van der Waals surface area contributed by atoms with E-state index in [9.17, 15) is 9.59 Å². The Morgan fingerprint density at radius 1 is 0.963 bits per heavy atom. The molecule has 3 rings (SSSR count). The van der Waals surface area contributed by atoms with Crippen LogP contribution in [0.5, 0.6) is 5.75 Å². The van der Waals surface area contributed by atoms with E-state index in [-0.39, 0.29) is 11.5 Å². The minimum atomic E-state index is -0.517. The topological polar surface area (TPSA) is 60.8 Å². The lowest BCUT2D eigenvalue weighted by Gasteiger charge is -2.21. The third kappa shape index (κ3) is 3.55. The number of benzene rings is 2. The van der Waals surface area contributed by atoms with Gasteiger partial charge in [0.05, 0.1) is 25.6 Å². The average molecular weight is 364 g/mol. The average Bonchev–Trinajstić information content (AvgIpc) is 3.26. The van der Waals surface area contributed by atoms with Crippen molar-refractivity contribution in [1.82, 2.24) is 4.57 Å². The fourth-order valence-electron chi connectivity index (χ4n) is 2.87. The zero-order chi connectivity index (χ0) is 19.4. The van der Waals surface area contributed by atoms with E-state index < -0.39 is 5.97 Å². The van der Waals surface area contributed by atoms with Crippen molar-refractivity contribution in [3.63, 3.8) is 0 Å². The van der Waals surface area contributed by atoms with Gasteiger partial charge in [0.25, 0.3) is 5.91 Å². The molecule has 0 radical (unpaired) electrons. The Morgan fingerprint density at radius 2 is 1.67 bits per heavy atom. The summed E-state index contributed by atoms with van der Waals surface area (Å²) in [5.74, 6) is -0.443. The van der Waals surface area contributed by atoms with Crippen molar-refractivity contribution in [2.45, 2.75) is 0 Å². The third-order valence-electron chi connectivity index (χ3n) is 4.28. The number of carbonyl (C=O) groups excluding carboxylic acids is 2. The molecule has 3 aromatic rings. The van der Waals surface area contributed by atoms with Gasteiger partial charge in [-0.05, 0) is 42.5 Å². The molecule has 6 heteroatoms. The maximum Gasteiger partial charge on any atom is 0.341 e. The minimum absolute atomic E-state index is 0.218. The zero-order valence-electron chi connectivity index (χ0n) is 15.4. The first-order valence-corrected chi connectivity index (χ1v) is 8.33. The first-order chi connectivity index (χ1) is 13.1. The highest BCUT2D eigenvalue weighted by molar-refractivity contribution is 6.07. The van der Waals surface area contributed by atoms with Crippen LogP contribution < -0.4 is 9.64 Å². The fraction of sp³-hybridized carbons (Fsp3) is 0.143. The monoisotopic (exact) mass is 364 g/mol. The van der Waals surface area contributed by atoms with Gasteiger partial charge >= 0.3 is 5.97 Å². The molecule has 2 aromatic carbocycles. The standard InChI is InChI=1S/C21H20N2O4/c1-22(17-8-4-5-9-18(17)23-12-6-7-13-23)20(24)15-10-11-16(21(25)27-3)19(14-15)26-2/h4-14H,1-3H3. The summed E-state index contributed by atoms with van der Waals surface area (Å²) < 4.78 is 11.9. The van der Waals surface area contributed by atoms with Crippen LogP contribution >= 0.6 is 0 Å². The summed E-state index contributed by atoms with van der Waals surface area (Å²) in [6, 6.07) is 16.1. The van der Waals surface area contributed by atoms with Gasteiger partial charge in [-0.25, -0.2) is 4.79 Å². The predicted octanol–water partition coefficient (Wildman–Crippen LogP) is 3.55. The van der Waals surface area contributed by atoms with Gasteiger partial charge in [-0.15, -0.1) is 0 Å². The molecule has 0 spiro atoms. The van der Waals surface area contributed by atoms with Crippen molar-refractivity contribution in [2.24, 2.45) is 0 Å². The van der Waals surface area contributed by atoms with Crippen LogP contribution in [0.25, 0.3) is 5.69 Å². The summed E-state index contributed by atoms with van der Waals surface area (Å²) in [5.41, 5.74) is 2.32. The summed E-state index contributed by atoms with van der Waals surface area (Å²) in [6.45, 7) is 0. The highest BCUT2D eigenvalue weighted by Gasteiger charge is 2.20. The second-order valence-corrected chi connectivity index (χ2v) is 5.85. The van der Waals surface area contributed by atoms with Crippen LogP contribution in [0, 0.1) is 0 Å². The predicted molar refractivity (Wildman–Crippen MR) is 103 cm³/mol. The molecule has 0 fully saturated rings. The van der Waals surface area contributed by atoms with E-state index in [0.717, 1.165) is 11.4 Å². The van der Waals surface area contributed by atoms with Gasteiger partial charge in [0.1, 0.15) is 11.3 Å². The molecular weight excluding hydrogens is 344 g/mol. The Kier molecular flexibility index (Phi) is 5.26. The Hall–Kier alpha value is -3.54. The van der Waals surface area contributed by atoms with E-state index in [4.69, 9.17) is 9.47 Å². The van der Waals surface area contributed by atoms with Gasteiger partial charge in [0.2, 0.25) is 0 Å². The molecule has 0 N–H and O–H groups in total. The lowest BCUT2D eigenvalue weighted by molar-refractivity contribution is 0.0596. The third-order valence-corrected chi connectivity index (χ3v) is 4.28. The maximum absolute atomic E-state index is 13.0. The van der Waals surface area contributed by atoms with E-state index in [1.807, 2.05) is 53.4 Å². The van der Waals surface area contributed by atoms with E-state index in [2.05, 4.69) is 0 Å². The minimum Gasteiger partial charge on any atom is -0.496 e. The van der Waals surface area contributed by atoms with E-state index in [1.165, 1.54) is 20.3 Å². The van der Waals surface area contributed by atoms with Crippen molar-refractivity contribution < 1.29 is 19.1 Å². The molecule has 0 aliphatic rings. The summed E-state index contributed by atoms with van der Waals surface area (Å²) >= 11 is 0. The van der Waals surface area contributed by atoms with Crippen LogP contribution in [0.3, 0.4) is 0 Å². The molecule has 1 heterocycles. The Bertz CT molecular complexity index is 964. The zero-order valence-corrected chi connectivity index (χ0v) is 15.4. The van der Waals surface area contributed by atoms with Crippen molar-refractivity contribution in [2.75, 3.05) is 26.2 Å². The van der Waals surface area contributed by atoms with Gasteiger partial charge in [0.15, 0.2) is 0 Å². The number of ether oxygens (including phenoxy) is 2. The molecule has 0 atom stereocenters. The first kappa shape index (κ1) is 18.3. The number of amides is 1. The van der Waals surface area contributed by atoms with Crippen LogP contribution in [-0.2, 0) is 4.74 Å². The number of methoxy groups -OCH3 is 2. The summed E-state index contributed by atoms with van der Waals surface area (Å²) in [5, 5.41) is 0. The normalized spacial score (nSPS) is 10.3. The van der Waals surface area contributed by atoms with E-state index >= 15 is 0 Å². The van der Waals surface area contributed by atoms with Gasteiger partial charge in [-0.1, -0.05) is 12.1 Å². The number of hydrogen-bond acceptors (Lipinski definition) is 4. The summed E-state index contributed by atoms with van der Waals surface area (Å²) in [4.78, 5) is 26.4. The quantitative estimate of drug-likeness (QED) is 0.650. The van der Waals surface area contributed by atoms with Crippen molar-refractivity contribution in [3.05, 3.63) is 78.1 Å². The molecule has 0 saturated carbocycles. The van der Waals surface area contributed by atoms with Gasteiger partial charge < -0.3 is 18.9 Å². The SMILES string of the molecule is COC(=O)c1ccc(C(=O)N(C)c2ccccc2-n2cccc2)cc1OC. The Morgan fingerprint density at radius 3 is 2.33 bits per heavy atom. The maximum atomic E-state index is 13.0. The molecule has 0 aliphatic carbocycles. The molecule has 138 valence electrons. The molecule has 1 amide bonds. The van der Waals surface area contributed by atoms with Crippen LogP contribution in [0.2, 0.25) is 0 Å². The molecular formula is C21H20N2O4. The molecule has 0 saturated heterocycles. The summed E-state index contributed by atoms with van der Waals surface area (Å²) in [6.07, 6.45) is 3.84. The number of aromatic nitrogens is 1. The number of nitrogens with zero attached hydrogens (tertiary/aromatic N) is 2. The van der Waals surface area contributed by atoms with Crippen LogP contribution in [-0.4, -0.2) is 37.7 Å². The van der Waals surface area contributed by atoms with Crippen LogP contribution in [0.4, 0.5) is 5.69 Å². The fourth-order valence-corrected chi connectivity index (χ4v) is 2.87. The molecule has 6 nitrogen and oxygen atoms in total. The van der Waals surface area contributed by atoms with E-state index in [0.29, 0.717) is 11.3 Å². The second kappa shape index (κ2) is 7.78. The van der Waals surface area contributed by atoms with Crippen molar-refractivity contribution >= 4 is 17.6 Å². The number of anilines is 1. The highest BCUT2D eigenvalue weighted by Crippen LogP contribution is 2.27. The van der Waals surface area contributed by atoms with E-state index in [1.54, 1.807) is 24.1 Å². The number of rotatable bonds is 5. The number of para-hydroxylation sites is 2. The first-order valence-electron chi connectivity index (χ1n) is 8.33. The smallest absolute Gasteiger partial charge is 0.341 e. The molecule has 0 bridgehead atoms.